The fraction of sp³-hybridized carbons (Fsp3) is 0. The van der Waals surface area contributed by atoms with Crippen molar-refractivity contribution >= 4 is 21.7 Å². The van der Waals surface area contributed by atoms with Crippen LogP contribution in [-0.4, -0.2) is 0 Å². The number of rotatable bonds is 3. The van der Waals surface area contributed by atoms with Gasteiger partial charge in [-0.2, -0.15) is 4.57 Å². The monoisotopic (exact) mass is 443 g/mol. The molecule has 0 aliphatic rings. The number of halogens is 1. The van der Waals surface area contributed by atoms with Crippen molar-refractivity contribution in [3.05, 3.63) is 133 Å². The number of pyridine rings is 1. The van der Waals surface area contributed by atoms with Gasteiger partial charge in [-0.15, -0.1) is 0 Å². The third kappa shape index (κ3) is 3.67. The lowest BCUT2D eigenvalue weighted by molar-refractivity contribution is -0.553. The van der Waals surface area contributed by atoms with E-state index in [0.717, 1.165) is 0 Å². The molecule has 0 N–H and O–H groups in total. The molecule has 0 amide bonds. The maximum Gasteiger partial charge on any atom is 0.219 e. The van der Waals surface area contributed by atoms with E-state index in [-0.39, 0.29) is 12.4 Å². The standard InChI is InChI=1S/C31H22N.ClH/c1-3-12-24(13-4-1)28-22-31(25-15-5-2-6-16-25)32(30-20-10-9-19-27(28)30)29-21-11-17-23-14-7-8-18-26(23)29;/h1-22H;1H/q+1;/p-1. The molecule has 0 bridgehead atoms. The molecule has 1 heterocycles. The third-order valence-electron chi connectivity index (χ3n) is 6.12. The van der Waals surface area contributed by atoms with E-state index in [0.29, 0.717) is 0 Å². The van der Waals surface area contributed by atoms with Crippen LogP contribution in [0.15, 0.2) is 133 Å². The Bertz CT molecular complexity index is 1550. The summed E-state index contributed by atoms with van der Waals surface area (Å²) in [4.78, 5) is 0. The average Bonchev–Trinajstić information content (AvgIpc) is 2.88. The van der Waals surface area contributed by atoms with E-state index in [9.17, 15) is 0 Å². The maximum absolute atomic E-state index is 2.42. The maximum atomic E-state index is 2.42. The first-order chi connectivity index (χ1) is 15.9. The second kappa shape index (κ2) is 8.90. The molecule has 0 saturated carbocycles. The van der Waals surface area contributed by atoms with Gasteiger partial charge in [0.1, 0.15) is 0 Å². The molecule has 0 fully saturated rings. The smallest absolute Gasteiger partial charge is 0.219 e. The summed E-state index contributed by atoms with van der Waals surface area (Å²) < 4.78 is 2.42. The summed E-state index contributed by atoms with van der Waals surface area (Å²) in [5.41, 5.74) is 7.24. The van der Waals surface area contributed by atoms with E-state index in [2.05, 4.69) is 138 Å². The summed E-state index contributed by atoms with van der Waals surface area (Å²) in [5, 5.41) is 3.73. The van der Waals surface area contributed by atoms with E-state index in [1.807, 2.05) is 0 Å². The number of fused-ring (bicyclic) bond motifs is 2. The van der Waals surface area contributed by atoms with Gasteiger partial charge in [-0.3, -0.25) is 0 Å². The minimum Gasteiger partial charge on any atom is -1.00 e. The largest absolute Gasteiger partial charge is 1.00 e. The molecular formula is C31H22ClN. The molecule has 0 spiro atoms. The summed E-state index contributed by atoms with van der Waals surface area (Å²) in [7, 11) is 0. The Balaban J connectivity index is 0.00000228. The molecule has 158 valence electrons. The van der Waals surface area contributed by atoms with Gasteiger partial charge < -0.3 is 12.4 Å². The van der Waals surface area contributed by atoms with E-state index in [1.54, 1.807) is 0 Å². The van der Waals surface area contributed by atoms with E-state index in [1.165, 1.54) is 49.7 Å². The summed E-state index contributed by atoms with van der Waals surface area (Å²) >= 11 is 0. The Morgan fingerprint density at radius 2 is 1.03 bits per heavy atom. The predicted octanol–water partition coefficient (Wildman–Crippen LogP) is 4.61. The lowest BCUT2D eigenvalue weighted by atomic mass is 9.97. The van der Waals surface area contributed by atoms with Gasteiger partial charge in [-0.25, -0.2) is 0 Å². The van der Waals surface area contributed by atoms with Crippen LogP contribution in [0.3, 0.4) is 0 Å². The predicted molar refractivity (Wildman–Crippen MR) is 134 cm³/mol. The van der Waals surface area contributed by atoms with Gasteiger partial charge in [0.05, 0.1) is 10.8 Å². The lowest BCUT2D eigenvalue weighted by Crippen LogP contribution is -3.00. The molecule has 2 heteroatoms. The highest BCUT2D eigenvalue weighted by atomic mass is 35.5. The zero-order valence-corrected chi connectivity index (χ0v) is 18.8. The first kappa shape index (κ1) is 20.9. The Morgan fingerprint density at radius 3 is 1.79 bits per heavy atom. The third-order valence-corrected chi connectivity index (χ3v) is 6.12. The number of hydrogen-bond donors (Lipinski definition) is 0. The molecule has 0 aliphatic heterocycles. The van der Waals surface area contributed by atoms with Crippen LogP contribution >= 0.6 is 0 Å². The Kier molecular flexibility index (Phi) is 5.64. The molecule has 0 unspecified atom stereocenters. The van der Waals surface area contributed by atoms with Crippen molar-refractivity contribution in [2.24, 2.45) is 0 Å². The van der Waals surface area contributed by atoms with Gasteiger partial charge in [0.25, 0.3) is 0 Å². The topological polar surface area (TPSA) is 3.88 Å². The summed E-state index contributed by atoms with van der Waals surface area (Å²) in [6.07, 6.45) is 0. The number of hydrogen-bond acceptors (Lipinski definition) is 0. The SMILES string of the molecule is [Cl-].c1ccc(-c2cc(-c3ccccc3)[n+](-c3cccc4ccccc34)c3ccccc23)cc1. The second-order valence-corrected chi connectivity index (χ2v) is 8.03. The fourth-order valence-electron chi connectivity index (χ4n) is 4.65. The molecule has 0 saturated heterocycles. The van der Waals surface area contributed by atoms with E-state index in [4.69, 9.17) is 0 Å². The highest BCUT2D eigenvalue weighted by molar-refractivity contribution is 5.96. The molecule has 6 aromatic rings. The molecule has 5 aromatic carbocycles. The van der Waals surface area contributed by atoms with Crippen LogP contribution in [0.1, 0.15) is 0 Å². The van der Waals surface area contributed by atoms with Crippen molar-refractivity contribution in [3.8, 4) is 28.1 Å². The van der Waals surface area contributed by atoms with Crippen molar-refractivity contribution in [2.45, 2.75) is 0 Å². The average molecular weight is 444 g/mol. The van der Waals surface area contributed by atoms with Crippen LogP contribution in [0.5, 0.6) is 0 Å². The quantitative estimate of drug-likeness (QED) is 0.352. The molecule has 33 heavy (non-hydrogen) atoms. The zero-order chi connectivity index (χ0) is 21.3. The summed E-state index contributed by atoms with van der Waals surface area (Å²) in [5.74, 6) is 0. The van der Waals surface area contributed by atoms with Gasteiger partial charge in [0.2, 0.25) is 16.9 Å². The molecule has 1 nitrogen and oxygen atoms in total. The minimum atomic E-state index is 0. The number of benzene rings is 5. The normalized spacial score (nSPS) is 10.8. The van der Waals surface area contributed by atoms with Gasteiger partial charge in [0.15, 0.2) is 0 Å². The molecule has 1 aromatic heterocycles. The van der Waals surface area contributed by atoms with Gasteiger partial charge in [0, 0.05) is 29.3 Å². The van der Waals surface area contributed by atoms with Crippen molar-refractivity contribution in [2.75, 3.05) is 0 Å². The van der Waals surface area contributed by atoms with E-state index < -0.39 is 0 Å². The molecule has 6 rings (SSSR count). The van der Waals surface area contributed by atoms with Gasteiger partial charge in [-0.05, 0) is 35.2 Å². The molecule has 0 atom stereocenters. The van der Waals surface area contributed by atoms with Crippen LogP contribution in [-0.2, 0) is 0 Å². The fourth-order valence-corrected chi connectivity index (χ4v) is 4.65. The molecular weight excluding hydrogens is 422 g/mol. The van der Waals surface area contributed by atoms with Crippen LogP contribution in [0.2, 0.25) is 0 Å². The first-order valence-corrected chi connectivity index (χ1v) is 11.0. The lowest BCUT2D eigenvalue weighted by Gasteiger charge is -2.13. The number of nitrogens with zero attached hydrogens (tertiary/aromatic N) is 1. The molecule has 0 aliphatic carbocycles. The molecule has 0 radical (unpaired) electrons. The number of para-hydroxylation sites is 1. The number of aromatic nitrogens is 1. The van der Waals surface area contributed by atoms with Crippen LogP contribution in [0.4, 0.5) is 0 Å². The first-order valence-electron chi connectivity index (χ1n) is 11.0. The van der Waals surface area contributed by atoms with Gasteiger partial charge in [-0.1, -0.05) is 91.0 Å². The van der Waals surface area contributed by atoms with Crippen LogP contribution in [0, 0.1) is 0 Å². The van der Waals surface area contributed by atoms with Crippen molar-refractivity contribution < 1.29 is 17.0 Å². The highest BCUT2D eigenvalue weighted by Crippen LogP contribution is 2.33. The zero-order valence-electron chi connectivity index (χ0n) is 18.0. The second-order valence-electron chi connectivity index (χ2n) is 8.03. The summed E-state index contributed by atoms with van der Waals surface area (Å²) in [6, 6.07) is 47.6. The van der Waals surface area contributed by atoms with Crippen molar-refractivity contribution in [1.29, 1.82) is 0 Å². The van der Waals surface area contributed by atoms with Crippen molar-refractivity contribution in [1.82, 2.24) is 0 Å². The van der Waals surface area contributed by atoms with Gasteiger partial charge >= 0.3 is 0 Å². The Labute approximate surface area is 200 Å². The Morgan fingerprint density at radius 1 is 0.455 bits per heavy atom. The van der Waals surface area contributed by atoms with Crippen LogP contribution in [0.25, 0.3) is 49.7 Å². The highest BCUT2D eigenvalue weighted by Gasteiger charge is 2.24. The van der Waals surface area contributed by atoms with Crippen molar-refractivity contribution in [3.63, 3.8) is 0 Å². The Hall–Kier alpha value is -3.94. The van der Waals surface area contributed by atoms with Crippen LogP contribution < -0.4 is 17.0 Å². The van der Waals surface area contributed by atoms with E-state index >= 15 is 0 Å². The summed E-state index contributed by atoms with van der Waals surface area (Å²) in [6.45, 7) is 0. The minimum absolute atomic E-state index is 0.